The Morgan fingerprint density at radius 2 is 2.24 bits per heavy atom. The smallest absolute Gasteiger partial charge is 0.161 e. The van der Waals surface area contributed by atoms with Gasteiger partial charge in [-0.2, -0.15) is 0 Å². The van der Waals surface area contributed by atoms with Crippen LogP contribution in [0.2, 0.25) is 0 Å². The van der Waals surface area contributed by atoms with Gasteiger partial charge in [-0.15, -0.1) is 0 Å². The Balaban J connectivity index is 1.99. The normalized spacial score (nSPS) is 29.1. The lowest BCUT2D eigenvalue weighted by atomic mass is 9.88. The summed E-state index contributed by atoms with van der Waals surface area (Å²) in [6.07, 6.45) is 0.864. The quantitative estimate of drug-likeness (QED) is 0.606. The number of allylic oxidation sites excluding steroid dienone is 2. The van der Waals surface area contributed by atoms with Crippen molar-refractivity contribution >= 4 is 23.3 Å². The number of halogens is 2. The Hall–Kier alpha value is -0.840. The van der Waals surface area contributed by atoms with Crippen LogP contribution < -0.4 is 0 Å². The second-order valence-corrected chi connectivity index (χ2v) is 4.94. The number of hydrogen-bond donors (Lipinski definition) is 1. The molecule has 2 aliphatic carbocycles. The predicted molar refractivity (Wildman–Crippen MR) is 65.8 cm³/mol. The van der Waals surface area contributed by atoms with Gasteiger partial charge in [0.2, 0.25) is 0 Å². The minimum Gasteiger partial charge on any atom is -0.492 e. The molecular weight excluding hydrogens is 244 g/mol. The SMILES string of the molecule is N=C(C=S)C1CC(F)=C(OCC2CC2)C(F)C1. The molecule has 2 aliphatic rings. The highest BCUT2D eigenvalue weighted by atomic mass is 32.1. The maximum atomic E-state index is 13.7. The monoisotopic (exact) mass is 259 g/mol. The van der Waals surface area contributed by atoms with Crippen LogP contribution in [0.25, 0.3) is 0 Å². The van der Waals surface area contributed by atoms with E-state index >= 15 is 0 Å². The third-order valence-corrected chi connectivity index (χ3v) is 3.46. The molecule has 0 aromatic carbocycles. The van der Waals surface area contributed by atoms with Crippen LogP contribution in [0.15, 0.2) is 11.6 Å². The standard InChI is InChI=1S/C12H15F2NOS/c13-9-3-8(11(15)6-17)4-10(14)12(9)16-5-7-1-2-7/h6-9,15H,1-5H2. The van der Waals surface area contributed by atoms with Gasteiger partial charge in [0.25, 0.3) is 0 Å². The van der Waals surface area contributed by atoms with E-state index in [9.17, 15) is 8.78 Å². The number of hydrogen-bond acceptors (Lipinski definition) is 3. The Morgan fingerprint density at radius 1 is 1.53 bits per heavy atom. The molecule has 0 aliphatic heterocycles. The summed E-state index contributed by atoms with van der Waals surface area (Å²) in [7, 11) is 0. The molecular formula is C12H15F2NOS. The van der Waals surface area contributed by atoms with Gasteiger partial charge >= 0.3 is 0 Å². The number of thiocarbonyl (C=S) groups is 1. The average Bonchev–Trinajstić information content (AvgIpc) is 3.10. The third kappa shape index (κ3) is 3.09. The highest BCUT2D eigenvalue weighted by Crippen LogP contribution is 2.36. The van der Waals surface area contributed by atoms with Crippen LogP contribution in [-0.2, 0) is 4.74 Å². The Kier molecular flexibility index (Phi) is 3.86. The lowest BCUT2D eigenvalue weighted by Gasteiger charge is -2.25. The van der Waals surface area contributed by atoms with Crippen LogP contribution in [0.4, 0.5) is 8.78 Å². The molecule has 1 saturated carbocycles. The van der Waals surface area contributed by atoms with Gasteiger partial charge in [0, 0.05) is 23.4 Å². The molecule has 0 amide bonds. The molecule has 0 spiro atoms. The minimum atomic E-state index is -1.44. The van der Waals surface area contributed by atoms with Crippen molar-refractivity contribution in [3.63, 3.8) is 0 Å². The van der Waals surface area contributed by atoms with Crippen LogP contribution in [0.3, 0.4) is 0 Å². The van der Waals surface area contributed by atoms with Gasteiger partial charge in [-0.1, -0.05) is 12.2 Å². The second kappa shape index (κ2) is 5.21. The molecule has 0 bridgehead atoms. The summed E-state index contributed by atoms with van der Waals surface area (Å²) in [4.78, 5) is 0. The van der Waals surface area contributed by atoms with E-state index in [1.807, 2.05) is 0 Å². The Bertz CT molecular complexity index is 366. The molecule has 2 rings (SSSR count). The van der Waals surface area contributed by atoms with Crippen LogP contribution in [0, 0.1) is 17.2 Å². The molecule has 2 atom stereocenters. The van der Waals surface area contributed by atoms with E-state index in [4.69, 9.17) is 10.1 Å². The minimum absolute atomic E-state index is 0.0341. The lowest BCUT2D eigenvalue weighted by molar-refractivity contribution is 0.115. The number of ether oxygens (including phenoxy) is 1. The summed E-state index contributed by atoms with van der Waals surface area (Å²) >= 11 is 4.61. The average molecular weight is 259 g/mol. The van der Waals surface area contributed by atoms with Crippen molar-refractivity contribution in [3.8, 4) is 0 Å². The first-order chi connectivity index (χ1) is 8.11. The van der Waals surface area contributed by atoms with E-state index < -0.39 is 17.9 Å². The van der Waals surface area contributed by atoms with E-state index in [0.717, 1.165) is 12.8 Å². The van der Waals surface area contributed by atoms with Crippen molar-refractivity contribution in [1.82, 2.24) is 0 Å². The Labute approximate surface area is 105 Å². The van der Waals surface area contributed by atoms with Crippen LogP contribution in [-0.4, -0.2) is 23.9 Å². The molecule has 94 valence electrons. The zero-order valence-corrected chi connectivity index (χ0v) is 10.2. The van der Waals surface area contributed by atoms with Crippen molar-refractivity contribution in [1.29, 1.82) is 5.41 Å². The molecule has 17 heavy (non-hydrogen) atoms. The zero-order valence-electron chi connectivity index (χ0n) is 9.42. The van der Waals surface area contributed by atoms with E-state index in [-0.39, 0.29) is 24.3 Å². The van der Waals surface area contributed by atoms with E-state index in [2.05, 4.69) is 12.2 Å². The molecule has 0 aromatic rings. The van der Waals surface area contributed by atoms with Gasteiger partial charge in [-0.25, -0.2) is 8.78 Å². The summed E-state index contributed by atoms with van der Waals surface area (Å²) < 4.78 is 32.7. The molecule has 0 radical (unpaired) electrons. The lowest BCUT2D eigenvalue weighted by Crippen LogP contribution is -2.27. The van der Waals surface area contributed by atoms with Crippen molar-refractivity contribution in [2.75, 3.05) is 6.61 Å². The van der Waals surface area contributed by atoms with Gasteiger partial charge < -0.3 is 10.1 Å². The van der Waals surface area contributed by atoms with Gasteiger partial charge in [0.1, 0.15) is 5.83 Å². The van der Waals surface area contributed by atoms with Gasteiger partial charge in [-0.3, -0.25) is 0 Å². The first-order valence-corrected chi connectivity index (χ1v) is 6.28. The summed E-state index contributed by atoms with van der Waals surface area (Å²) in [5.74, 6) is -0.684. The van der Waals surface area contributed by atoms with Gasteiger partial charge in [0.05, 0.1) is 6.61 Å². The molecule has 5 heteroatoms. The van der Waals surface area contributed by atoms with Crippen LogP contribution >= 0.6 is 12.2 Å². The second-order valence-electron chi connectivity index (χ2n) is 4.70. The summed E-state index contributed by atoms with van der Waals surface area (Å²) in [5.41, 5.74) is 0.124. The number of rotatable bonds is 5. The number of nitrogens with one attached hydrogen (secondary N) is 1. The molecule has 1 fully saturated rings. The third-order valence-electron chi connectivity index (χ3n) is 3.21. The van der Waals surface area contributed by atoms with Crippen LogP contribution in [0.5, 0.6) is 0 Å². The topological polar surface area (TPSA) is 33.1 Å². The van der Waals surface area contributed by atoms with E-state index in [0.29, 0.717) is 12.5 Å². The first kappa shape index (κ1) is 12.6. The fourth-order valence-corrected chi connectivity index (χ4v) is 2.11. The number of alkyl halides is 1. The van der Waals surface area contributed by atoms with Crippen molar-refractivity contribution in [2.24, 2.45) is 11.8 Å². The van der Waals surface area contributed by atoms with Crippen molar-refractivity contribution < 1.29 is 13.5 Å². The molecule has 1 N–H and O–H groups in total. The fourth-order valence-electron chi connectivity index (χ4n) is 1.92. The van der Waals surface area contributed by atoms with E-state index in [1.165, 1.54) is 5.37 Å². The molecule has 0 heterocycles. The largest absolute Gasteiger partial charge is 0.492 e. The van der Waals surface area contributed by atoms with Crippen molar-refractivity contribution in [3.05, 3.63) is 11.6 Å². The summed E-state index contributed by atoms with van der Waals surface area (Å²) in [6, 6.07) is 0. The van der Waals surface area contributed by atoms with Crippen LogP contribution in [0.1, 0.15) is 25.7 Å². The Morgan fingerprint density at radius 3 is 2.76 bits per heavy atom. The molecule has 0 aromatic heterocycles. The maximum absolute atomic E-state index is 13.7. The highest BCUT2D eigenvalue weighted by Gasteiger charge is 2.34. The molecule has 2 nitrogen and oxygen atoms in total. The molecule has 2 unspecified atom stereocenters. The summed E-state index contributed by atoms with van der Waals surface area (Å²) in [5, 5.41) is 8.68. The van der Waals surface area contributed by atoms with Gasteiger partial charge in [0.15, 0.2) is 11.9 Å². The highest BCUT2D eigenvalue weighted by molar-refractivity contribution is 7.80. The zero-order chi connectivity index (χ0) is 12.4. The van der Waals surface area contributed by atoms with Gasteiger partial charge in [-0.05, 0) is 25.2 Å². The van der Waals surface area contributed by atoms with E-state index in [1.54, 1.807) is 0 Å². The predicted octanol–water partition coefficient (Wildman–Crippen LogP) is 3.36. The maximum Gasteiger partial charge on any atom is 0.161 e. The summed E-state index contributed by atoms with van der Waals surface area (Å²) in [6.45, 7) is 0.415. The van der Waals surface area contributed by atoms with Crippen molar-refractivity contribution in [2.45, 2.75) is 31.9 Å². The first-order valence-electron chi connectivity index (χ1n) is 5.80. The fraction of sp³-hybridized carbons (Fsp3) is 0.667. The molecule has 0 saturated heterocycles.